The number of nitrogens with zero attached hydrogens (tertiary/aromatic N) is 1. The van der Waals surface area contributed by atoms with E-state index in [-0.39, 0.29) is 17.7 Å². The standard InChI is InChI=1S/C24H28N2O4S2/c1-15-13-18(25-16(2)27)7-10-21(15)17-5-8-20(9-6-17)30-12-11-19-14-31-23(26-19)32-24(3,4)22(28)29/h5-10,13-15,21H,11-12H2,1-4H3,(H,25,27)(H,28,29). The average Bonchev–Trinajstić information content (AvgIpc) is 3.15. The monoisotopic (exact) mass is 472 g/mol. The van der Waals surface area contributed by atoms with Gasteiger partial charge in [-0.25, -0.2) is 4.98 Å². The van der Waals surface area contributed by atoms with Crippen LogP contribution in [0.15, 0.2) is 57.9 Å². The molecule has 0 aliphatic heterocycles. The second-order valence-corrected chi connectivity index (χ2v) is 11.0. The fraction of sp³-hybridized carbons (Fsp3) is 0.375. The Morgan fingerprint density at radius 3 is 2.62 bits per heavy atom. The first-order valence-electron chi connectivity index (χ1n) is 10.4. The van der Waals surface area contributed by atoms with E-state index in [0.29, 0.717) is 13.0 Å². The van der Waals surface area contributed by atoms with Gasteiger partial charge in [0.2, 0.25) is 5.91 Å². The lowest BCUT2D eigenvalue weighted by Crippen LogP contribution is -2.26. The van der Waals surface area contributed by atoms with Gasteiger partial charge in [0, 0.05) is 30.3 Å². The molecule has 0 spiro atoms. The van der Waals surface area contributed by atoms with E-state index in [9.17, 15) is 14.7 Å². The second-order valence-electron chi connectivity index (χ2n) is 8.24. The van der Waals surface area contributed by atoms with Crippen molar-refractivity contribution in [1.82, 2.24) is 10.3 Å². The molecule has 0 radical (unpaired) electrons. The first-order chi connectivity index (χ1) is 15.1. The molecule has 3 rings (SSSR count). The van der Waals surface area contributed by atoms with Gasteiger partial charge >= 0.3 is 5.97 Å². The van der Waals surface area contributed by atoms with Gasteiger partial charge in [-0.3, -0.25) is 9.59 Å². The minimum atomic E-state index is -0.903. The van der Waals surface area contributed by atoms with Gasteiger partial charge < -0.3 is 15.2 Å². The van der Waals surface area contributed by atoms with Gasteiger partial charge in [-0.15, -0.1) is 11.3 Å². The minimum absolute atomic E-state index is 0.0650. The van der Waals surface area contributed by atoms with Gasteiger partial charge in [0.25, 0.3) is 0 Å². The number of carbonyl (C=O) groups is 2. The Bertz CT molecular complexity index is 1020. The summed E-state index contributed by atoms with van der Waals surface area (Å²) in [4.78, 5) is 27.0. The van der Waals surface area contributed by atoms with Crippen LogP contribution in [0.3, 0.4) is 0 Å². The summed E-state index contributed by atoms with van der Waals surface area (Å²) in [6.45, 7) is 7.50. The van der Waals surface area contributed by atoms with Crippen LogP contribution in [-0.2, 0) is 16.0 Å². The molecule has 0 fully saturated rings. The van der Waals surface area contributed by atoms with Crippen LogP contribution in [0.25, 0.3) is 0 Å². The van der Waals surface area contributed by atoms with Crippen molar-refractivity contribution in [3.05, 3.63) is 64.8 Å². The number of hydrogen-bond acceptors (Lipinski definition) is 6. The number of allylic oxidation sites excluding steroid dienone is 3. The van der Waals surface area contributed by atoms with E-state index < -0.39 is 10.7 Å². The van der Waals surface area contributed by atoms with Crippen LogP contribution in [0, 0.1) is 5.92 Å². The van der Waals surface area contributed by atoms with Crippen molar-refractivity contribution < 1.29 is 19.4 Å². The highest BCUT2D eigenvalue weighted by atomic mass is 32.2. The molecular formula is C24H28N2O4S2. The third-order valence-corrected chi connectivity index (χ3v) is 7.26. The predicted octanol–water partition coefficient (Wildman–Crippen LogP) is 5.03. The Kier molecular flexibility index (Phi) is 7.79. The van der Waals surface area contributed by atoms with Crippen LogP contribution < -0.4 is 10.1 Å². The molecule has 0 saturated heterocycles. The predicted molar refractivity (Wildman–Crippen MR) is 128 cm³/mol. The van der Waals surface area contributed by atoms with Crippen LogP contribution in [0.4, 0.5) is 0 Å². The third-order valence-electron chi connectivity index (χ3n) is 5.09. The summed E-state index contributed by atoms with van der Waals surface area (Å²) >= 11 is 2.72. The lowest BCUT2D eigenvalue weighted by molar-refractivity contribution is -0.138. The van der Waals surface area contributed by atoms with Crippen molar-refractivity contribution in [3.8, 4) is 5.75 Å². The van der Waals surface area contributed by atoms with E-state index in [0.717, 1.165) is 21.5 Å². The van der Waals surface area contributed by atoms with Gasteiger partial charge in [-0.05, 0) is 43.5 Å². The Morgan fingerprint density at radius 2 is 2.00 bits per heavy atom. The van der Waals surface area contributed by atoms with E-state index in [1.165, 1.54) is 35.6 Å². The molecule has 2 unspecified atom stereocenters. The largest absolute Gasteiger partial charge is 0.493 e. The number of thiazole rings is 1. The molecule has 1 aliphatic carbocycles. The van der Waals surface area contributed by atoms with Crippen LogP contribution in [0.5, 0.6) is 5.75 Å². The van der Waals surface area contributed by atoms with E-state index in [2.05, 4.69) is 41.5 Å². The lowest BCUT2D eigenvalue weighted by Gasteiger charge is -2.23. The van der Waals surface area contributed by atoms with Crippen molar-refractivity contribution in [1.29, 1.82) is 0 Å². The molecule has 8 heteroatoms. The number of benzene rings is 1. The highest BCUT2D eigenvalue weighted by Crippen LogP contribution is 2.35. The van der Waals surface area contributed by atoms with Gasteiger partial charge in [0.05, 0.1) is 12.3 Å². The molecule has 1 aromatic heterocycles. The number of carboxylic acid groups (broad SMARTS) is 1. The van der Waals surface area contributed by atoms with E-state index in [1.54, 1.807) is 13.8 Å². The van der Waals surface area contributed by atoms with Crippen LogP contribution in [0.2, 0.25) is 0 Å². The van der Waals surface area contributed by atoms with Crippen molar-refractivity contribution in [2.75, 3.05) is 6.61 Å². The summed E-state index contributed by atoms with van der Waals surface area (Å²) in [6.07, 6.45) is 6.81. The summed E-state index contributed by atoms with van der Waals surface area (Å²) in [5.74, 6) is 0.407. The molecule has 0 bridgehead atoms. The molecule has 2 aromatic rings. The molecule has 170 valence electrons. The summed E-state index contributed by atoms with van der Waals surface area (Å²) in [5, 5.41) is 14.0. The van der Waals surface area contributed by atoms with Crippen molar-refractivity contribution in [2.24, 2.45) is 5.92 Å². The number of nitrogens with one attached hydrogen (secondary N) is 1. The molecule has 1 amide bonds. The van der Waals surface area contributed by atoms with Gasteiger partial charge in [-0.2, -0.15) is 0 Å². The molecular weight excluding hydrogens is 444 g/mol. The molecule has 32 heavy (non-hydrogen) atoms. The maximum Gasteiger partial charge on any atom is 0.319 e. The van der Waals surface area contributed by atoms with Gasteiger partial charge in [0.15, 0.2) is 4.34 Å². The van der Waals surface area contributed by atoms with Crippen molar-refractivity contribution in [2.45, 2.75) is 49.1 Å². The average molecular weight is 473 g/mol. The summed E-state index contributed by atoms with van der Waals surface area (Å²) < 4.78 is 5.72. The Labute approximate surface area is 196 Å². The number of carboxylic acids is 1. The number of aliphatic carboxylic acids is 1. The third kappa shape index (κ3) is 6.46. The normalized spacial score (nSPS) is 18.2. The van der Waals surface area contributed by atoms with Gasteiger partial charge in [0.1, 0.15) is 10.5 Å². The smallest absolute Gasteiger partial charge is 0.319 e. The second kappa shape index (κ2) is 10.4. The molecule has 2 N–H and O–H groups in total. The molecule has 1 aliphatic rings. The minimum Gasteiger partial charge on any atom is -0.493 e. The maximum absolute atomic E-state index is 11.3. The number of hydrogen-bond donors (Lipinski definition) is 2. The lowest BCUT2D eigenvalue weighted by atomic mass is 9.83. The topological polar surface area (TPSA) is 88.5 Å². The first kappa shape index (κ1) is 24.1. The fourth-order valence-corrected chi connectivity index (χ4v) is 5.52. The Balaban J connectivity index is 1.50. The van der Waals surface area contributed by atoms with E-state index in [4.69, 9.17) is 4.74 Å². The SMILES string of the molecule is CC(=O)NC1=CC(C)C(c2ccc(OCCc3csc(SC(C)(C)C(=O)O)n3)cc2)C=C1. The quantitative estimate of drug-likeness (QED) is 0.498. The van der Waals surface area contributed by atoms with Crippen molar-refractivity contribution in [3.63, 3.8) is 0 Å². The van der Waals surface area contributed by atoms with Gasteiger partial charge in [-0.1, -0.05) is 43.0 Å². The Hall–Kier alpha value is -2.58. The zero-order valence-corrected chi connectivity index (χ0v) is 20.3. The van der Waals surface area contributed by atoms with Crippen LogP contribution in [-0.4, -0.2) is 33.3 Å². The Morgan fingerprint density at radius 1 is 1.28 bits per heavy atom. The van der Waals surface area contributed by atoms with Crippen LogP contribution >= 0.6 is 23.1 Å². The van der Waals surface area contributed by atoms with E-state index >= 15 is 0 Å². The molecule has 1 heterocycles. The molecule has 0 saturated carbocycles. The van der Waals surface area contributed by atoms with E-state index in [1.807, 2.05) is 23.6 Å². The summed E-state index contributed by atoms with van der Waals surface area (Å²) in [7, 11) is 0. The van der Waals surface area contributed by atoms with Crippen molar-refractivity contribution >= 4 is 35.0 Å². The molecule has 2 atom stereocenters. The summed E-state index contributed by atoms with van der Waals surface area (Å²) in [5.41, 5.74) is 2.94. The highest BCUT2D eigenvalue weighted by molar-refractivity contribution is 8.02. The maximum atomic E-state index is 11.3. The first-order valence-corrected chi connectivity index (χ1v) is 12.1. The number of thioether (sulfide) groups is 1. The zero-order chi connectivity index (χ0) is 23.3. The highest BCUT2D eigenvalue weighted by Gasteiger charge is 2.29. The zero-order valence-electron chi connectivity index (χ0n) is 18.6. The molecule has 6 nitrogen and oxygen atoms in total. The summed E-state index contributed by atoms with van der Waals surface area (Å²) in [6, 6.07) is 8.09. The number of amides is 1. The molecule has 1 aromatic carbocycles. The number of carbonyl (C=O) groups excluding carboxylic acids is 1. The number of ether oxygens (including phenoxy) is 1. The number of rotatable bonds is 9. The van der Waals surface area contributed by atoms with Crippen LogP contribution in [0.1, 0.15) is 44.9 Å². The fourth-order valence-electron chi connectivity index (χ4n) is 3.30. The number of aromatic nitrogens is 1.